The lowest BCUT2D eigenvalue weighted by Gasteiger charge is -2.14. The van der Waals surface area contributed by atoms with Crippen LogP contribution in [0.4, 0.5) is 11.4 Å². The van der Waals surface area contributed by atoms with Gasteiger partial charge in [-0.1, -0.05) is 0 Å². The minimum Gasteiger partial charge on any atom is -0.490 e. The van der Waals surface area contributed by atoms with Gasteiger partial charge in [0.15, 0.2) is 11.5 Å². The van der Waals surface area contributed by atoms with Crippen molar-refractivity contribution in [2.75, 3.05) is 6.61 Å². The average Bonchev–Trinajstić information content (AvgIpc) is 2.84. The average molecular weight is 543 g/mol. The van der Waals surface area contributed by atoms with E-state index in [2.05, 4.69) is 26.5 Å². The summed E-state index contributed by atoms with van der Waals surface area (Å²) in [6, 6.07) is 14.6. The van der Waals surface area contributed by atoms with Gasteiger partial charge in [-0.25, -0.2) is 5.43 Å². The van der Waals surface area contributed by atoms with Crippen LogP contribution < -0.4 is 14.9 Å². The molecule has 0 spiro atoms. The second-order valence-corrected chi connectivity index (χ2v) is 7.83. The van der Waals surface area contributed by atoms with Crippen molar-refractivity contribution in [2.24, 2.45) is 5.10 Å². The molecule has 11 nitrogen and oxygen atoms in total. The second kappa shape index (κ2) is 11.7. The van der Waals surface area contributed by atoms with Gasteiger partial charge in [-0.3, -0.25) is 25.0 Å². The molecule has 35 heavy (non-hydrogen) atoms. The van der Waals surface area contributed by atoms with E-state index in [1.54, 1.807) is 24.3 Å². The number of non-ortho nitro benzene ring substituents is 2. The van der Waals surface area contributed by atoms with Crippen LogP contribution in [0.1, 0.15) is 28.4 Å². The molecule has 0 atom stereocenters. The lowest BCUT2D eigenvalue weighted by molar-refractivity contribution is -0.385. The van der Waals surface area contributed by atoms with Crippen LogP contribution in [-0.4, -0.2) is 28.6 Å². The minimum absolute atomic E-state index is 0.00533. The van der Waals surface area contributed by atoms with E-state index in [1.807, 2.05) is 6.92 Å². The van der Waals surface area contributed by atoms with E-state index < -0.39 is 15.8 Å². The number of benzene rings is 3. The van der Waals surface area contributed by atoms with Gasteiger partial charge in [0.2, 0.25) is 0 Å². The number of hydrazone groups is 1. The molecule has 0 saturated heterocycles. The van der Waals surface area contributed by atoms with Crippen molar-refractivity contribution in [1.82, 2.24) is 5.43 Å². The molecule has 0 aliphatic heterocycles. The van der Waals surface area contributed by atoms with Gasteiger partial charge in [0.1, 0.15) is 6.61 Å². The highest BCUT2D eigenvalue weighted by molar-refractivity contribution is 9.10. The number of nitro benzene ring substituents is 2. The monoisotopic (exact) mass is 542 g/mol. The number of hydrogen-bond donors (Lipinski definition) is 1. The topological polar surface area (TPSA) is 146 Å². The molecule has 0 unspecified atom stereocenters. The van der Waals surface area contributed by atoms with Crippen LogP contribution in [0.5, 0.6) is 11.5 Å². The Balaban J connectivity index is 1.69. The summed E-state index contributed by atoms with van der Waals surface area (Å²) in [5.74, 6) is 0.354. The molecule has 12 heteroatoms. The summed E-state index contributed by atoms with van der Waals surface area (Å²) in [6.07, 6.45) is 1.41. The van der Waals surface area contributed by atoms with E-state index in [9.17, 15) is 25.0 Å². The Hall–Kier alpha value is -4.32. The van der Waals surface area contributed by atoms with E-state index in [4.69, 9.17) is 9.47 Å². The summed E-state index contributed by atoms with van der Waals surface area (Å²) in [7, 11) is 0. The third kappa shape index (κ3) is 6.84. The molecule has 3 aromatic carbocycles. The Bertz CT molecular complexity index is 1260. The first-order valence-electron chi connectivity index (χ1n) is 10.2. The Morgan fingerprint density at radius 3 is 2.17 bits per heavy atom. The van der Waals surface area contributed by atoms with Crippen molar-refractivity contribution in [3.05, 3.63) is 102 Å². The van der Waals surface area contributed by atoms with E-state index >= 15 is 0 Å². The number of carbonyl (C=O) groups is 1. The molecule has 0 aliphatic carbocycles. The van der Waals surface area contributed by atoms with Crippen molar-refractivity contribution in [3.63, 3.8) is 0 Å². The lowest BCUT2D eigenvalue weighted by Crippen LogP contribution is -2.17. The maximum atomic E-state index is 12.2. The minimum atomic E-state index is -0.549. The van der Waals surface area contributed by atoms with Crippen LogP contribution in [0, 0.1) is 20.2 Å². The van der Waals surface area contributed by atoms with Gasteiger partial charge in [-0.05, 0) is 70.4 Å². The standard InChI is InChI=1S/C23H19BrN4O7/c1-2-34-21-12-16(13-25-26-23(29)17-5-9-19(10-6-17)28(32)33)11-20(24)22(21)35-14-15-3-7-18(8-4-15)27(30)31/h3-13H,2,14H2,1H3,(H,26,29). The summed E-state index contributed by atoms with van der Waals surface area (Å²) >= 11 is 3.45. The zero-order valence-corrected chi connectivity index (χ0v) is 19.9. The fourth-order valence-corrected chi connectivity index (χ4v) is 3.47. The quantitative estimate of drug-likeness (QED) is 0.215. The van der Waals surface area contributed by atoms with Crippen molar-refractivity contribution >= 4 is 39.4 Å². The Labute approximate surface area is 207 Å². The smallest absolute Gasteiger partial charge is 0.271 e. The van der Waals surface area contributed by atoms with E-state index in [0.29, 0.717) is 28.1 Å². The molecule has 0 aliphatic rings. The highest BCUT2D eigenvalue weighted by Crippen LogP contribution is 2.37. The Morgan fingerprint density at radius 2 is 1.60 bits per heavy atom. The van der Waals surface area contributed by atoms with Gasteiger partial charge in [0.25, 0.3) is 17.3 Å². The summed E-state index contributed by atoms with van der Waals surface area (Å²) in [5.41, 5.74) is 3.81. The fourth-order valence-electron chi connectivity index (χ4n) is 2.90. The molecule has 1 N–H and O–H groups in total. The van der Waals surface area contributed by atoms with Crippen molar-refractivity contribution < 1.29 is 24.1 Å². The normalized spacial score (nSPS) is 10.7. The highest BCUT2D eigenvalue weighted by atomic mass is 79.9. The van der Waals surface area contributed by atoms with Crippen molar-refractivity contribution in [3.8, 4) is 11.5 Å². The van der Waals surface area contributed by atoms with Crippen LogP contribution in [0.2, 0.25) is 0 Å². The maximum Gasteiger partial charge on any atom is 0.271 e. The number of ether oxygens (including phenoxy) is 2. The predicted octanol–water partition coefficient (Wildman–Crippen LogP) is 5.01. The number of rotatable bonds is 10. The zero-order chi connectivity index (χ0) is 25.4. The molecule has 0 heterocycles. The summed E-state index contributed by atoms with van der Waals surface area (Å²) < 4.78 is 12.1. The first-order valence-corrected chi connectivity index (χ1v) is 11.0. The van der Waals surface area contributed by atoms with Gasteiger partial charge in [-0.15, -0.1) is 0 Å². The van der Waals surface area contributed by atoms with Crippen LogP contribution >= 0.6 is 15.9 Å². The molecule has 1 amide bonds. The number of nitro groups is 2. The van der Waals surface area contributed by atoms with Gasteiger partial charge in [0, 0.05) is 29.8 Å². The third-order valence-corrected chi connectivity index (χ3v) is 5.17. The molecule has 3 rings (SSSR count). The van der Waals surface area contributed by atoms with Gasteiger partial charge < -0.3 is 9.47 Å². The Morgan fingerprint density at radius 1 is 1.00 bits per heavy atom. The first kappa shape index (κ1) is 25.3. The SMILES string of the molecule is CCOc1cc(C=NNC(=O)c2ccc([N+](=O)[O-])cc2)cc(Br)c1OCc1ccc([N+](=O)[O-])cc1. The van der Waals surface area contributed by atoms with Crippen LogP contribution in [-0.2, 0) is 6.61 Å². The number of nitrogens with zero attached hydrogens (tertiary/aromatic N) is 3. The van der Waals surface area contributed by atoms with E-state index in [-0.39, 0.29) is 23.5 Å². The molecule has 180 valence electrons. The van der Waals surface area contributed by atoms with Crippen molar-refractivity contribution in [1.29, 1.82) is 0 Å². The summed E-state index contributed by atoms with van der Waals surface area (Å²) in [5, 5.41) is 25.5. The fraction of sp³-hybridized carbons (Fsp3) is 0.130. The number of nitrogens with one attached hydrogen (secondary N) is 1. The molecule has 3 aromatic rings. The predicted molar refractivity (Wildman–Crippen MR) is 131 cm³/mol. The molecule has 0 aromatic heterocycles. The van der Waals surface area contributed by atoms with E-state index in [1.165, 1.54) is 42.6 Å². The molecule has 0 saturated carbocycles. The summed E-state index contributed by atoms with van der Waals surface area (Å²) in [6.45, 7) is 2.35. The molecule has 0 bridgehead atoms. The van der Waals surface area contributed by atoms with Gasteiger partial charge in [-0.2, -0.15) is 5.10 Å². The van der Waals surface area contributed by atoms with Crippen molar-refractivity contribution in [2.45, 2.75) is 13.5 Å². The number of hydrogen-bond acceptors (Lipinski definition) is 8. The zero-order valence-electron chi connectivity index (χ0n) is 18.3. The summed E-state index contributed by atoms with van der Waals surface area (Å²) in [4.78, 5) is 32.7. The highest BCUT2D eigenvalue weighted by Gasteiger charge is 2.13. The molecule has 0 fully saturated rings. The maximum absolute atomic E-state index is 12.2. The van der Waals surface area contributed by atoms with Crippen LogP contribution in [0.15, 0.2) is 70.2 Å². The van der Waals surface area contributed by atoms with Crippen LogP contribution in [0.25, 0.3) is 0 Å². The third-order valence-electron chi connectivity index (χ3n) is 4.58. The number of halogens is 1. The lowest BCUT2D eigenvalue weighted by atomic mass is 10.2. The van der Waals surface area contributed by atoms with Gasteiger partial charge in [0.05, 0.1) is 27.1 Å². The number of carbonyl (C=O) groups excluding carboxylic acids is 1. The van der Waals surface area contributed by atoms with Gasteiger partial charge >= 0.3 is 0 Å². The molecular formula is C23H19BrN4O7. The second-order valence-electron chi connectivity index (χ2n) is 6.98. The largest absolute Gasteiger partial charge is 0.490 e. The molecule has 0 radical (unpaired) electrons. The van der Waals surface area contributed by atoms with E-state index in [0.717, 1.165) is 5.56 Å². The first-order chi connectivity index (χ1) is 16.8. The number of amides is 1. The Kier molecular flexibility index (Phi) is 8.46. The molecular weight excluding hydrogens is 524 g/mol. The van der Waals surface area contributed by atoms with Crippen LogP contribution in [0.3, 0.4) is 0 Å².